The number of halogens is 6. The van der Waals surface area contributed by atoms with E-state index in [2.05, 4.69) is 9.80 Å². The molecule has 6 aliphatic heterocycles. The highest BCUT2D eigenvalue weighted by atomic mass is 35.5. The van der Waals surface area contributed by atoms with Gasteiger partial charge in [0, 0.05) is 48.2 Å². The number of benzene rings is 6. The number of likely N-dealkylation sites (tertiary alicyclic amines) is 2. The number of fused-ring (bicyclic) bond motifs is 4. The predicted octanol–water partition coefficient (Wildman–Crippen LogP) is 11.7. The number of nitrogens with zero attached hydrogens (tertiary/aromatic N) is 6. The van der Waals surface area contributed by atoms with E-state index in [4.69, 9.17) is 82.0 Å². The second-order valence-corrected chi connectivity index (χ2v) is 26.4. The SMILES string of the molecule is C[C@]1(c2ccc(Cl)cc2F)Oc2cccc(C3CCN(Cc4nc5ccc(C(=O)O)c(F)c5n4C[C@@H]4CCO4)CC3)c2O1.C[C@]1(c2ccc(Cl)cc2F)Oc2cccc(C3CCN(Cc4nc5ccc(C(=O)O)c(F)c5n4C[C@@H]4CCO4)CC3)c2O1.O=C(O)CC(O)(CC(=O)O)C(=O)O. The number of hydrogen-bond acceptors (Lipinski definition) is 16. The molecule has 8 heterocycles. The number of aliphatic hydroxyl groups is 1. The van der Waals surface area contributed by atoms with Gasteiger partial charge in [-0.05, 0) is 149 Å². The van der Waals surface area contributed by atoms with Gasteiger partial charge in [-0.3, -0.25) is 19.4 Å². The molecule has 0 saturated carbocycles. The van der Waals surface area contributed by atoms with Gasteiger partial charge in [0.05, 0.1) is 84.5 Å². The predicted molar refractivity (Wildman–Crippen MR) is 347 cm³/mol. The van der Waals surface area contributed by atoms with Crippen LogP contribution < -0.4 is 18.9 Å². The zero-order chi connectivity index (χ0) is 70.4. The standard InChI is InChI=1S/2C32H30ClF2N3O5.C6H8O7/c2*1-32(23-7-5-19(33)15-24(23)34)42-26-4-2-3-21(30(26)43-32)18-9-12-37(13-10-18)17-27-36-25-8-6-22(31(39)40)28(35)29(25)38(27)16-20-11-14-41-20;7-3(8)1-6(13,5(11)12)2-4(9)10/h2*2-8,15,18,20H,9-14,16-17H2,1H3,(H,39,40);13H,1-2H2,(H,7,8)(H,9,10)(H,11,12)/t2*20-,32-;/m00./s1. The molecule has 29 heteroatoms. The van der Waals surface area contributed by atoms with Gasteiger partial charge in [-0.1, -0.05) is 47.5 Å². The summed E-state index contributed by atoms with van der Waals surface area (Å²) in [6.07, 6.45) is 2.70. The molecule has 14 rings (SSSR count). The van der Waals surface area contributed by atoms with E-state index in [0.29, 0.717) is 95.1 Å². The average Bonchev–Trinajstić information content (AvgIpc) is 1.61. The number of aliphatic carboxylic acids is 3. The molecule has 4 fully saturated rings. The van der Waals surface area contributed by atoms with Crippen LogP contribution >= 0.6 is 23.2 Å². The molecule has 2 aromatic heterocycles. The number of aromatic nitrogens is 4. The summed E-state index contributed by atoms with van der Waals surface area (Å²) in [5.41, 5.74) is 0.395. The van der Waals surface area contributed by atoms with Gasteiger partial charge in [0.2, 0.25) is 0 Å². The van der Waals surface area contributed by atoms with Crippen molar-refractivity contribution < 1.29 is 101 Å². The van der Waals surface area contributed by atoms with Gasteiger partial charge >= 0.3 is 29.8 Å². The summed E-state index contributed by atoms with van der Waals surface area (Å²) in [5.74, 6) is -8.62. The molecule has 6 N–H and O–H groups in total. The number of para-hydroxylation sites is 2. The number of carboxylic acid groups (broad SMARTS) is 5. The van der Waals surface area contributed by atoms with E-state index in [-0.39, 0.29) is 57.3 Å². The van der Waals surface area contributed by atoms with Crippen LogP contribution in [0.3, 0.4) is 0 Å². The van der Waals surface area contributed by atoms with Crippen molar-refractivity contribution in [3.63, 3.8) is 0 Å². The molecule has 0 spiro atoms. The first-order valence-corrected chi connectivity index (χ1v) is 32.8. The molecular weight excluding hydrogens is 1340 g/mol. The molecule has 522 valence electrons. The number of aromatic carboxylic acids is 2. The first-order chi connectivity index (χ1) is 47.2. The first-order valence-electron chi connectivity index (χ1n) is 32.0. The molecule has 8 aromatic rings. The maximum absolute atomic E-state index is 15.4. The minimum Gasteiger partial charge on any atom is -0.481 e. The van der Waals surface area contributed by atoms with Crippen molar-refractivity contribution in [3.05, 3.63) is 175 Å². The third kappa shape index (κ3) is 14.5. The summed E-state index contributed by atoms with van der Waals surface area (Å²) in [6, 6.07) is 26.2. The Morgan fingerprint density at radius 2 is 0.929 bits per heavy atom. The van der Waals surface area contributed by atoms with Crippen molar-refractivity contribution >= 4 is 75.1 Å². The molecule has 0 aliphatic carbocycles. The average molecular weight is 1410 g/mol. The van der Waals surface area contributed by atoms with Crippen LogP contribution in [0.15, 0.2) is 97.1 Å². The van der Waals surface area contributed by atoms with Crippen molar-refractivity contribution in [2.45, 2.75) is 133 Å². The number of hydrogen-bond donors (Lipinski definition) is 6. The lowest BCUT2D eigenvalue weighted by molar-refractivity contribution is -0.170. The lowest BCUT2D eigenvalue weighted by Crippen LogP contribution is -2.42. The number of carbonyl (C=O) groups is 5. The fourth-order valence-corrected chi connectivity index (χ4v) is 13.8. The fraction of sp³-hybridized carbons (Fsp3) is 0.386. The zero-order valence-corrected chi connectivity index (χ0v) is 54.9. The Morgan fingerprint density at radius 1 is 0.545 bits per heavy atom. The van der Waals surface area contributed by atoms with E-state index in [1.807, 2.05) is 36.4 Å². The molecular formula is C70H68Cl2F4N6O17. The summed E-state index contributed by atoms with van der Waals surface area (Å²) in [6.45, 7) is 9.63. The second kappa shape index (κ2) is 28.3. The summed E-state index contributed by atoms with van der Waals surface area (Å²) in [7, 11) is 0. The van der Waals surface area contributed by atoms with Gasteiger partial charge in [0.15, 0.2) is 40.2 Å². The number of ether oxygens (including phenoxy) is 6. The van der Waals surface area contributed by atoms with E-state index in [1.165, 1.54) is 24.3 Å². The third-order valence-electron chi connectivity index (χ3n) is 18.8. The Kier molecular flexibility index (Phi) is 19.9. The molecule has 4 atom stereocenters. The molecule has 6 aliphatic rings. The van der Waals surface area contributed by atoms with Gasteiger partial charge < -0.3 is 68.2 Å². The summed E-state index contributed by atoms with van der Waals surface area (Å²) < 4.78 is 100. The van der Waals surface area contributed by atoms with Crippen LogP contribution in [0.4, 0.5) is 17.6 Å². The van der Waals surface area contributed by atoms with E-state index in [1.54, 1.807) is 59.4 Å². The highest BCUT2D eigenvalue weighted by Crippen LogP contribution is 2.52. The molecule has 6 aromatic carbocycles. The lowest BCUT2D eigenvalue weighted by atomic mass is 9.88. The normalized spacial score (nSPS) is 20.7. The molecule has 4 saturated heterocycles. The van der Waals surface area contributed by atoms with E-state index < -0.39 is 83.1 Å². The van der Waals surface area contributed by atoms with Crippen molar-refractivity contribution in [2.75, 3.05) is 39.4 Å². The van der Waals surface area contributed by atoms with Crippen molar-refractivity contribution in [1.29, 1.82) is 0 Å². The highest BCUT2D eigenvalue weighted by molar-refractivity contribution is 6.30. The lowest BCUT2D eigenvalue weighted by Gasteiger charge is -2.33. The molecule has 23 nitrogen and oxygen atoms in total. The Hall–Kier alpha value is -9.09. The summed E-state index contributed by atoms with van der Waals surface area (Å²) in [5, 5.41) is 53.3. The summed E-state index contributed by atoms with van der Waals surface area (Å²) >= 11 is 11.9. The van der Waals surface area contributed by atoms with Crippen LogP contribution in [0.25, 0.3) is 22.1 Å². The Bertz CT molecular complexity index is 4210. The smallest absolute Gasteiger partial charge is 0.338 e. The molecule has 0 bridgehead atoms. The van der Waals surface area contributed by atoms with Gasteiger partial charge in [-0.25, -0.2) is 41.9 Å². The number of rotatable bonds is 19. The second-order valence-electron chi connectivity index (χ2n) is 25.5. The van der Waals surface area contributed by atoms with Crippen molar-refractivity contribution in [2.24, 2.45) is 0 Å². The maximum atomic E-state index is 15.4. The van der Waals surface area contributed by atoms with Crippen LogP contribution in [0.2, 0.25) is 10.0 Å². The van der Waals surface area contributed by atoms with Crippen LogP contribution in [0, 0.1) is 23.3 Å². The maximum Gasteiger partial charge on any atom is 0.338 e. The van der Waals surface area contributed by atoms with Gasteiger partial charge in [-0.2, -0.15) is 0 Å². The Balaban J connectivity index is 0.000000160. The highest BCUT2D eigenvalue weighted by Gasteiger charge is 2.46. The van der Waals surface area contributed by atoms with Crippen LogP contribution in [0.1, 0.15) is 132 Å². The van der Waals surface area contributed by atoms with Gasteiger partial charge in [0.25, 0.3) is 11.6 Å². The minimum absolute atomic E-state index is 0.0517. The van der Waals surface area contributed by atoms with Crippen molar-refractivity contribution in [1.82, 2.24) is 28.9 Å². The largest absolute Gasteiger partial charge is 0.481 e. The molecule has 0 unspecified atom stereocenters. The number of imidazole rings is 2. The van der Waals surface area contributed by atoms with Crippen LogP contribution in [0.5, 0.6) is 23.0 Å². The fourth-order valence-electron chi connectivity index (χ4n) is 13.5. The molecule has 0 amide bonds. The van der Waals surface area contributed by atoms with E-state index >= 15 is 8.78 Å². The van der Waals surface area contributed by atoms with Crippen LogP contribution in [-0.4, -0.2) is 147 Å². The quantitative estimate of drug-likeness (QED) is 0.0410. The Morgan fingerprint density at radius 3 is 1.25 bits per heavy atom. The van der Waals surface area contributed by atoms with Crippen molar-refractivity contribution in [3.8, 4) is 23.0 Å². The third-order valence-corrected chi connectivity index (χ3v) is 19.3. The number of carboxylic acids is 5. The topological polar surface area (TPSA) is 304 Å². The van der Waals surface area contributed by atoms with Gasteiger partial charge in [0.1, 0.15) is 34.3 Å². The first kappa shape index (κ1) is 69.8. The van der Waals surface area contributed by atoms with E-state index in [0.717, 1.165) is 75.8 Å². The monoisotopic (exact) mass is 1410 g/mol. The van der Waals surface area contributed by atoms with Crippen LogP contribution in [-0.2, 0) is 61.6 Å². The van der Waals surface area contributed by atoms with E-state index in [9.17, 15) is 43.0 Å². The minimum atomic E-state index is -2.74. The summed E-state index contributed by atoms with van der Waals surface area (Å²) in [4.78, 5) is 67.7. The number of piperidine rings is 2. The Labute approximate surface area is 572 Å². The van der Waals surface area contributed by atoms with Gasteiger partial charge in [-0.15, -0.1) is 0 Å². The molecule has 0 radical (unpaired) electrons. The molecule has 99 heavy (non-hydrogen) atoms. The zero-order valence-electron chi connectivity index (χ0n) is 53.4.